The topological polar surface area (TPSA) is 76.1 Å². The number of amides is 1. The lowest BCUT2D eigenvalue weighted by atomic mass is 10.0. The second kappa shape index (κ2) is 8.12. The molecule has 1 unspecified atom stereocenters. The number of aromatic carboxylic acids is 1. The van der Waals surface area contributed by atoms with Crippen LogP contribution in [-0.2, 0) is 11.2 Å². The molecule has 6 heteroatoms. The molecule has 1 amide bonds. The first-order valence-corrected chi connectivity index (χ1v) is 8.87. The van der Waals surface area contributed by atoms with Gasteiger partial charge in [0.15, 0.2) is 11.5 Å². The Morgan fingerprint density at radius 3 is 2.41 bits per heavy atom. The van der Waals surface area contributed by atoms with Crippen LogP contribution in [0, 0.1) is 0 Å². The highest BCUT2D eigenvalue weighted by Crippen LogP contribution is 2.37. The highest BCUT2D eigenvalue weighted by molar-refractivity contribution is 5.87. The van der Waals surface area contributed by atoms with E-state index >= 15 is 0 Å². The molecule has 2 aromatic rings. The Morgan fingerprint density at radius 1 is 1.07 bits per heavy atom. The minimum atomic E-state index is -0.971. The van der Waals surface area contributed by atoms with E-state index < -0.39 is 5.97 Å². The van der Waals surface area contributed by atoms with Crippen LogP contribution in [0.1, 0.15) is 40.4 Å². The zero-order valence-corrected chi connectivity index (χ0v) is 15.5. The first kappa shape index (κ1) is 18.8. The van der Waals surface area contributed by atoms with Crippen molar-refractivity contribution in [2.45, 2.75) is 25.3 Å². The Balaban J connectivity index is 1.75. The van der Waals surface area contributed by atoms with Crippen molar-refractivity contribution in [1.29, 1.82) is 0 Å². The van der Waals surface area contributed by atoms with E-state index in [1.54, 1.807) is 26.4 Å². The molecule has 1 atom stereocenters. The molecule has 1 aliphatic heterocycles. The number of methoxy groups -OCH3 is 2. The first-order valence-electron chi connectivity index (χ1n) is 8.87. The molecule has 0 aliphatic carbocycles. The number of hydrogen-bond donors (Lipinski definition) is 1. The van der Waals surface area contributed by atoms with Crippen molar-refractivity contribution in [3.63, 3.8) is 0 Å². The van der Waals surface area contributed by atoms with E-state index in [9.17, 15) is 9.59 Å². The second-order valence-corrected chi connectivity index (χ2v) is 6.54. The Labute approximate surface area is 158 Å². The number of carbonyl (C=O) groups excluding carboxylic acids is 1. The number of nitrogens with zero attached hydrogens (tertiary/aromatic N) is 1. The van der Waals surface area contributed by atoms with Gasteiger partial charge in [-0.1, -0.05) is 18.2 Å². The van der Waals surface area contributed by atoms with Gasteiger partial charge in [-0.2, -0.15) is 0 Å². The molecule has 27 heavy (non-hydrogen) atoms. The molecule has 1 fully saturated rings. The average molecular weight is 369 g/mol. The maximum Gasteiger partial charge on any atom is 0.335 e. The lowest BCUT2D eigenvalue weighted by Gasteiger charge is -2.26. The summed E-state index contributed by atoms with van der Waals surface area (Å²) in [7, 11) is 3.19. The largest absolute Gasteiger partial charge is 0.493 e. The van der Waals surface area contributed by atoms with Gasteiger partial charge in [0, 0.05) is 6.54 Å². The Kier molecular flexibility index (Phi) is 5.64. The van der Waals surface area contributed by atoms with Gasteiger partial charge in [0.05, 0.1) is 32.2 Å². The number of hydrogen-bond acceptors (Lipinski definition) is 4. The summed E-state index contributed by atoms with van der Waals surface area (Å²) in [6, 6.07) is 12.2. The molecule has 142 valence electrons. The minimum Gasteiger partial charge on any atom is -0.493 e. The molecular weight excluding hydrogens is 346 g/mol. The van der Waals surface area contributed by atoms with Crippen LogP contribution in [-0.4, -0.2) is 42.6 Å². The summed E-state index contributed by atoms with van der Waals surface area (Å²) < 4.78 is 10.7. The molecule has 3 rings (SSSR count). The van der Waals surface area contributed by atoms with Crippen LogP contribution in [0.5, 0.6) is 11.5 Å². The van der Waals surface area contributed by atoms with Crippen molar-refractivity contribution in [2.24, 2.45) is 0 Å². The monoisotopic (exact) mass is 369 g/mol. The quantitative estimate of drug-likeness (QED) is 0.845. The van der Waals surface area contributed by atoms with Crippen molar-refractivity contribution in [2.75, 3.05) is 20.8 Å². The Bertz CT molecular complexity index is 831. The first-order chi connectivity index (χ1) is 13.0. The predicted octanol–water partition coefficient (Wildman–Crippen LogP) is 3.31. The molecular formula is C21H23NO5. The van der Waals surface area contributed by atoms with Crippen LogP contribution in [0.4, 0.5) is 0 Å². The summed E-state index contributed by atoms with van der Waals surface area (Å²) in [6.45, 7) is 0.713. The van der Waals surface area contributed by atoms with Gasteiger partial charge in [-0.15, -0.1) is 0 Å². The maximum absolute atomic E-state index is 12.8. The zero-order chi connectivity index (χ0) is 19.4. The molecule has 0 bridgehead atoms. The number of carboxylic acids is 1. The number of carboxylic acid groups (broad SMARTS) is 1. The van der Waals surface area contributed by atoms with E-state index in [4.69, 9.17) is 14.6 Å². The summed E-state index contributed by atoms with van der Waals surface area (Å²) in [6.07, 6.45) is 2.10. The zero-order valence-electron chi connectivity index (χ0n) is 15.5. The summed E-state index contributed by atoms with van der Waals surface area (Å²) in [5.41, 5.74) is 2.05. The van der Waals surface area contributed by atoms with E-state index in [0.29, 0.717) is 18.0 Å². The summed E-state index contributed by atoms with van der Waals surface area (Å²) in [5, 5.41) is 8.98. The Morgan fingerprint density at radius 2 is 1.78 bits per heavy atom. The van der Waals surface area contributed by atoms with E-state index in [-0.39, 0.29) is 23.9 Å². The third-order valence-corrected chi connectivity index (χ3v) is 4.92. The fourth-order valence-electron chi connectivity index (χ4n) is 3.51. The number of carbonyl (C=O) groups is 2. The van der Waals surface area contributed by atoms with E-state index in [1.165, 1.54) is 12.1 Å². The lowest BCUT2D eigenvalue weighted by Crippen LogP contribution is -2.31. The highest BCUT2D eigenvalue weighted by Gasteiger charge is 2.30. The summed E-state index contributed by atoms with van der Waals surface area (Å²) in [4.78, 5) is 25.7. The smallest absolute Gasteiger partial charge is 0.335 e. The summed E-state index contributed by atoms with van der Waals surface area (Å²) >= 11 is 0. The molecule has 6 nitrogen and oxygen atoms in total. The number of rotatable bonds is 6. The van der Waals surface area contributed by atoms with Crippen molar-refractivity contribution >= 4 is 11.9 Å². The van der Waals surface area contributed by atoms with Crippen LogP contribution in [0.15, 0.2) is 42.5 Å². The van der Waals surface area contributed by atoms with Crippen LogP contribution in [0.2, 0.25) is 0 Å². The molecule has 0 spiro atoms. The van der Waals surface area contributed by atoms with E-state index in [1.807, 2.05) is 23.1 Å². The molecule has 1 aliphatic rings. The van der Waals surface area contributed by atoms with Crippen molar-refractivity contribution < 1.29 is 24.2 Å². The molecule has 2 aromatic carbocycles. The van der Waals surface area contributed by atoms with Gasteiger partial charge in [-0.3, -0.25) is 4.79 Å². The molecule has 1 heterocycles. The number of benzene rings is 2. The predicted molar refractivity (Wildman–Crippen MR) is 100 cm³/mol. The SMILES string of the molecule is COc1ccc(C2CCCN2C(=O)Cc2ccc(C(=O)O)cc2)cc1OC. The van der Waals surface area contributed by atoms with Gasteiger partial charge < -0.3 is 19.5 Å². The van der Waals surface area contributed by atoms with Crippen LogP contribution in [0.3, 0.4) is 0 Å². The van der Waals surface area contributed by atoms with Crippen molar-refractivity contribution in [1.82, 2.24) is 4.90 Å². The number of ether oxygens (including phenoxy) is 2. The average Bonchev–Trinajstić information content (AvgIpc) is 3.17. The molecule has 0 radical (unpaired) electrons. The van der Waals surface area contributed by atoms with Gasteiger partial charge in [-0.05, 0) is 48.2 Å². The van der Waals surface area contributed by atoms with Gasteiger partial charge in [-0.25, -0.2) is 4.79 Å². The molecule has 0 aromatic heterocycles. The van der Waals surface area contributed by atoms with Gasteiger partial charge in [0.25, 0.3) is 0 Å². The fourth-order valence-corrected chi connectivity index (χ4v) is 3.51. The maximum atomic E-state index is 12.8. The normalized spacial score (nSPS) is 16.2. The second-order valence-electron chi connectivity index (χ2n) is 6.54. The minimum absolute atomic E-state index is 0.00981. The molecule has 1 N–H and O–H groups in total. The van der Waals surface area contributed by atoms with Crippen LogP contribution < -0.4 is 9.47 Å². The van der Waals surface area contributed by atoms with Gasteiger partial charge >= 0.3 is 5.97 Å². The van der Waals surface area contributed by atoms with Crippen molar-refractivity contribution in [3.8, 4) is 11.5 Å². The molecule has 1 saturated heterocycles. The van der Waals surface area contributed by atoms with Gasteiger partial charge in [0.2, 0.25) is 5.91 Å². The third kappa shape index (κ3) is 4.05. The molecule has 0 saturated carbocycles. The van der Waals surface area contributed by atoms with Crippen molar-refractivity contribution in [3.05, 3.63) is 59.2 Å². The van der Waals surface area contributed by atoms with Crippen LogP contribution in [0.25, 0.3) is 0 Å². The Hall–Kier alpha value is -3.02. The standard InChI is InChI=1S/C21H23NO5/c1-26-18-10-9-16(13-19(18)27-2)17-4-3-11-22(17)20(23)12-14-5-7-15(8-6-14)21(24)25/h5-10,13,17H,3-4,11-12H2,1-2H3,(H,24,25). The third-order valence-electron chi connectivity index (χ3n) is 4.92. The lowest BCUT2D eigenvalue weighted by molar-refractivity contribution is -0.131. The van der Waals surface area contributed by atoms with Gasteiger partial charge in [0.1, 0.15) is 0 Å². The number of likely N-dealkylation sites (tertiary alicyclic amines) is 1. The fraction of sp³-hybridized carbons (Fsp3) is 0.333. The summed E-state index contributed by atoms with van der Waals surface area (Å²) in [5.74, 6) is 0.380. The van der Waals surface area contributed by atoms with Crippen LogP contribution >= 0.6 is 0 Å². The van der Waals surface area contributed by atoms with E-state index in [0.717, 1.165) is 24.0 Å². The highest BCUT2D eigenvalue weighted by atomic mass is 16.5. The van der Waals surface area contributed by atoms with E-state index in [2.05, 4.69) is 0 Å².